The van der Waals surface area contributed by atoms with Crippen LogP contribution in [-0.2, 0) is 0 Å². The first kappa shape index (κ1) is 12.9. The fourth-order valence-electron chi connectivity index (χ4n) is 2.70. The molecule has 0 spiro atoms. The van der Waals surface area contributed by atoms with Crippen molar-refractivity contribution in [1.82, 2.24) is 0 Å². The molecule has 3 heteroatoms. The summed E-state index contributed by atoms with van der Waals surface area (Å²) in [5, 5.41) is 12.1. The second-order valence-corrected chi connectivity index (χ2v) is 5.32. The van der Waals surface area contributed by atoms with Crippen LogP contribution in [0.25, 0.3) is 0 Å². The third kappa shape index (κ3) is 2.64. The van der Waals surface area contributed by atoms with Crippen molar-refractivity contribution in [2.24, 2.45) is 11.8 Å². The summed E-state index contributed by atoms with van der Waals surface area (Å²) in [6, 6.07) is 6.99. The first-order valence-corrected chi connectivity index (χ1v) is 6.58. The van der Waals surface area contributed by atoms with E-state index in [0.717, 1.165) is 12.1 Å². The van der Waals surface area contributed by atoms with Crippen LogP contribution < -0.4 is 5.32 Å². The molecule has 1 N–H and O–H groups in total. The molecule has 1 aliphatic carbocycles. The Morgan fingerprint density at radius 2 is 2.11 bits per heavy atom. The van der Waals surface area contributed by atoms with Gasteiger partial charge in [-0.2, -0.15) is 5.26 Å². The summed E-state index contributed by atoms with van der Waals surface area (Å²) in [6.07, 6.45) is 3.64. The van der Waals surface area contributed by atoms with Crippen LogP contribution in [0.4, 0.5) is 10.1 Å². The predicted molar refractivity (Wildman–Crippen MR) is 70.7 cm³/mol. The Bertz CT molecular complexity index is 464. The second kappa shape index (κ2) is 5.39. The molecule has 1 fully saturated rings. The number of nitrogens with zero attached hydrogens (tertiary/aromatic N) is 1. The minimum atomic E-state index is -0.445. The lowest BCUT2D eigenvalue weighted by Crippen LogP contribution is -2.35. The zero-order chi connectivity index (χ0) is 13.1. The Labute approximate surface area is 108 Å². The quantitative estimate of drug-likeness (QED) is 0.858. The van der Waals surface area contributed by atoms with Crippen LogP contribution in [-0.4, -0.2) is 6.04 Å². The molecule has 3 unspecified atom stereocenters. The van der Waals surface area contributed by atoms with Gasteiger partial charge in [0.25, 0.3) is 0 Å². The molecule has 3 atom stereocenters. The molecule has 1 aliphatic rings. The molecule has 0 saturated heterocycles. The van der Waals surface area contributed by atoms with Crippen molar-refractivity contribution in [3.63, 3.8) is 0 Å². The summed E-state index contributed by atoms with van der Waals surface area (Å²) in [4.78, 5) is 0. The summed E-state index contributed by atoms with van der Waals surface area (Å²) in [6.45, 7) is 4.53. The molecule has 0 radical (unpaired) electrons. The SMILES string of the molecule is CC1CCCC(Nc2ccc(C#N)c(F)c2)C1C. The van der Waals surface area contributed by atoms with Crippen LogP contribution in [0.15, 0.2) is 18.2 Å². The number of anilines is 1. The van der Waals surface area contributed by atoms with E-state index >= 15 is 0 Å². The molecule has 0 amide bonds. The zero-order valence-electron chi connectivity index (χ0n) is 10.9. The molecule has 0 heterocycles. The third-order valence-corrected chi connectivity index (χ3v) is 4.15. The van der Waals surface area contributed by atoms with E-state index < -0.39 is 5.82 Å². The average Bonchev–Trinajstić information content (AvgIpc) is 2.35. The van der Waals surface area contributed by atoms with Gasteiger partial charge in [-0.05, 0) is 36.5 Å². The van der Waals surface area contributed by atoms with E-state index in [0.29, 0.717) is 17.9 Å². The zero-order valence-corrected chi connectivity index (χ0v) is 10.9. The molecule has 96 valence electrons. The minimum absolute atomic E-state index is 0.102. The fourth-order valence-corrected chi connectivity index (χ4v) is 2.70. The molecule has 1 saturated carbocycles. The summed E-state index contributed by atoms with van der Waals surface area (Å²) >= 11 is 0. The number of benzene rings is 1. The summed E-state index contributed by atoms with van der Waals surface area (Å²) in [5.41, 5.74) is 0.878. The Balaban J connectivity index is 2.09. The van der Waals surface area contributed by atoms with Crippen molar-refractivity contribution in [1.29, 1.82) is 5.26 Å². The van der Waals surface area contributed by atoms with Gasteiger partial charge in [-0.1, -0.05) is 26.7 Å². The van der Waals surface area contributed by atoms with Gasteiger partial charge < -0.3 is 5.32 Å². The van der Waals surface area contributed by atoms with Crippen molar-refractivity contribution < 1.29 is 4.39 Å². The highest BCUT2D eigenvalue weighted by Gasteiger charge is 2.26. The smallest absolute Gasteiger partial charge is 0.143 e. The number of nitrogens with one attached hydrogen (secondary N) is 1. The van der Waals surface area contributed by atoms with E-state index in [9.17, 15) is 4.39 Å². The van der Waals surface area contributed by atoms with Crippen LogP contribution >= 0.6 is 0 Å². The first-order valence-electron chi connectivity index (χ1n) is 6.58. The molecule has 0 bridgehead atoms. The number of hydrogen-bond acceptors (Lipinski definition) is 2. The molecule has 18 heavy (non-hydrogen) atoms. The average molecular weight is 246 g/mol. The Morgan fingerprint density at radius 1 is 1.33 bits per heavy atom. The fraction of sp³-hybridized carbons (Fsp3) is 0.533. The second-order valence-electron chi connectivity index (χ2n) is 5.32. The normalized spacial score (nSPS) is 27.6. The van der Waals surface area contributed by atoms with Crippen molar-refractivity contribution >= 4 is 5.69 Å². The highest BCUT2D eigenvalue weighted by atomic mass is 19.1. The van der Waals surface area contributed by atoms with Crippen molar-refractivity contribution in [3.8, 4) is 6.07 Å². The van der Waals surface area contributed by atoms with Gasteiger partial charge in [0.15, 0.2) is 0 Å². The lowest BCUT2D eigenvalue weighted by atomic mass is 9.78. The van der Waals surface area contributed by atoms with E-state index in [2.05, 4.69) is 19.2 Å². The maximum absolute atomic E-state index is 13.5. The van der Waals surface area contributed by atoms with E-state index in [-0.39, 0.29) is 5.56 Å². The number of rotatable bonds is 2. The van der Waals surface area contributed by atoms with Crippen LogP contribution in [0.1, 0.15) is 38.7 Å². The van der Waals surface area contributed by atoms with Crippen LogP contribution in [0.5, 0.6) is 0 Å². The molecule has 1 aromatic rings. The maximum atomic E-state index is 13.5. The van der Waals surface area contributed by atoms with Crippen LogP contribution in [0.2, 0.25) is 0 Å². The van der Waals surface area contributed by atoms with E-state index in [4.69, 9.17) is 5.26 Å². The van der Waals surface area contributed by atoms with E-state index in [1.807, 2.05) is 6.07 Å². The van der Waals surface area contributed by atoms with Crippen LogP contribution in [0.3, 0.4) is 0 Å². The van der Waals surface area contributed by atoms with E-state index in [1.54, 1.807) is 6.07 Å². The topological polar surface area (TPSA) is 35.8 Å². The van der Waals surface area contributed by atoms with Gasteiger partial charge in [0.05, 0.1) is 5.56 Å². The first-order chi connectivity index (χ1) is 8.61. The molecule has 2 nitrogen and oxygen atoms in total. The monoisotopic (exact) mass is 246 g/mol. The Hall–Kier alpha value is -1.56. The van der Waals surface area contributed by atoms with Gasteiger partial charge in [-0.15, -0.1) is 0 Å². The lowest BCUT2D eigenvalue weighted by molar-refractivity contribution is 0.253. The number of halogens is 1. The minimum Gasteiger partial charge on any atom is -0.382 e. The summed E-state index contributed by atoms with van der Waals surface area (Å²) < 4.78 is 13.5. The van der Waals surface area contributed by atoms with Gasteiger partial charge in [0.1, 0.15) is 11.9 Å². The van der Waals surface area contributed by atoms with Crippen molar-refractivity contribution in [2.75, 3.05) is 5.32 Å². The van der Waals surface area contributed by atoms with Gasteiger partial charge >= 0.3 is 0 Å². The largest absolute Gasteiger partial charge is 0.382 e. The van der Waals surface area contributed by atoms with Crippen molar-refractivity contribution in [3.05, 3.63) is 29.6 Å². The lowest BCUT2D eigenvalue weighted by Gasteiger charge is -2.35. The van der Waals surface area contributed by atoms with Crippen LogP contribution in [0, 0.1) is 29.0 Å². The number of nitriles is 1. The molecular formula is C15H19FN2. The molecular weight excluding hydrogens is 227 g/mol. The van der Waals surface area contributed by atoms with Gasteiger partial charge in [0, 0.05) is 11.7 Å². The predicted octanol–water partition coefficient (Wildman–Crippen LogP) is 3.93. The highest BCUT2D eigenvalue weighted by molar-refractivity contribution is 5.48. The summed E-state index contributed by atoms with van der Waals surface area (Å²) in [7, 11) is 0. The van der Waals surface area contributed by atoms with Crippen molar-refractivity contribution in [2.45, 2.75) is 39.2 Å². The molecule has 1 aromatic carbocycles. The van der Waals surface area contributed by atoms with E-state index in [1.165, 1.54) is 25.0 Å². The maximum Gasteiger partial charge on any atom is 0.143 e. The Morgan fingerprint density at radius 3 is 2.78 bits per heavy atom. The summed E-state index contributed by atoms with van der Waals surface area (Å²) in [5.74, 6) is 0.857. The molecule has 0 aliphatic heterocycles. The highest BCUT2D eigenvalue weighted by Crippen LogP contribution is 2.31. The molecule has 0 aromatic heterocycles. The Kier molecular flexibility index (Phi) is 3.86. The molecule has 2 rings (SSSR count). The van der Waals surface area contributed by atoms with Gasteiger partial charge in [0.2, 0.25) is 0 Å². The standard InChI is InChI=1S/C15H19FN2/c1-10-4-3-5-15(11(10)2)18-13-7-6-12(9-17)14(16)8-13/h6-8,10-11,15,18H,3-5H2,1-2H3. The van der Waals surface area contributed by atoms with Gasteiger partial charge in [-0.25, -0.2) is 4.39 Å². The number of hydrogen-bond donors (Lipinski definition) is 1. The van der Waals surface area contributed by atoms with Gasteiger partial charge in [-0.3, -0.25) is 0 Å². The third-order valence-electron chi connectivity index (χ3n) is 4.15.